The van der Waals surface area contributed by atoms with Gasteiger partial charge in [0, 0.05) is 37.7 Å². The van der Waals surface area contributed by atoms with Gasteiger partial charge in [-0.05, 0) is 99.3 Å². The minimum atomic E-state index is 1.26. The second kappa shape index (κ2) is 9.31. The largest absolute Gasteiger partial charge is 0.143 e. The van der Waals surface area contributed by atoms with Crippen LogP contribution in [0.15, 0.2) is 102 Å². The highest BCUT2D eigenvalue weighted by atomic mass is 127. The molecule has 33 heavy (non-hydrogen) atoms. The fraction of sp³-hybridized carbons (Fsp3) is 0. The Balaban J connectivity index is 1.22. The van der Waals surface area contributed by atoms with Gasteiger partial charge < -0.3 is 0 Å². The van der Waals surface area contributed by atoms with Crippen molar-refractivity contribution in [3.8, 4) is 50.8 Å². The zero-order valence-corrected chi connectivity index (χ0v) is 22.7. The van der Waals surface area contributed by atoms with E-state index in [2.05, 4.69) is 125 Å². The molecule has 0 aliphatic rings. The highest BCUT2D eigenvalue weighted by Gasteiger charge is 2.11. The van der Waals surface area contributed by atoms with Crippen LogP contribution in [0.3, 0.4) is 0 Å². The molecule has 0 bridgehead atoms. The van der Waals surface area contributed by atoms with Crippen LogP contribution in [0.4, 0.5) is 0 Å². The lowest BCUT2D eigenvalue weighted by molar-refractivity contribution is 1.59. The summed E-state index contributed by atoms with van der Waals surface area (Å²) in [6.07, 6.45) is 0. The molecule has 0 nitrogen and oxygen atoms in total. The van der Waals surface area contributed by atoms with Crippen LogP contribution in [0.2, 0.25) is 0 Å². The van der Waals surface area contributed by atoms with E-state index in [0.717, 1.165) is 0 Å². The Bertz CT molecular complexity index is 1500. The van der Waals surface area contributed by atoms with Gasteiger partial charge in [0.25, 0.3) is 0 Å². The van der Waals surface area contributed by atoms with E-state index < -0.39 is 0 Å². The predicted molar refractivity (Wildman–Crippen MR) is 158 cm³/mol. The Morgan fingerprint density at radius 2 is 0.818 bits per heavy atom. The first kappa shape index (κ1) is 21.5. The summed E-state index contributed by atoms with van der Waals surface area (Å²) in [5.41, 5.74) is 3.79. The van der Waals surface area contributed by atoms with Crippen molar-refractivity contribution in [3.63, 3.8) is 0 Å². The lowest BCUT2D eigenvalue weighted by Gasteiger charge is -2.03. The third-order valence-electron chi connectivity index (χ3n) is 5.41. The molecule has 2 aromatic carbocycles. The van der Waals surface area contributed by atoms with E-state index in [-0.39, 0.29) is 0 Å². The maximum Gasteiger partial charge on any atom is 0.0449 e. The van der Waals surface area contributed by atoms with Crippen molar-refractivity contribution >= 4 is 67.9 Å². The summed E-state index contributed by atoms with van der Waals surface area (Å²) in [6, 6.07) is 35.5. The zero-order valence-electron chi connectivity index (χ0n) is 17.3. The first-order valence-corrected chi connectivity index (χ1v) is 14.8. The third-order valence-corrected chi connectivity index (χ3v) is 10.9. The molecule has 0 unspecified atom stereocenters. The summed E-state index contributed by atoms with van der Waals surface area (Å²) in [7, 11) is 0. The van der Waals surface area contributed by atoms with Gasteiger partial charge in [0.2, 0.25) is 0 Å². The molecule has 0 amide bonds. The molecular weight excluding hydrogens is 591 g/mol. The van der Waals surface area contributed by atoms with Crippen LogP contribution in [0.1, 0.15) is 0 Å². The number of rotatable bonds is 5. The number of benzene rings is 2. The minimum absolute atomic E-state index is 1.26. The topological polar surface area (TPSA) is 0 Å². The second-order valence-corrected chi connectivity index (χ2v) is 13.0. The van der Waals surface area contributed by atoms with E-state index in [1.165, 1.54) is 54.4 Å². The molecule has 0 aliphatic carbocycles. The standard InChI is InChI=1S/C28H17IS4/c29-21-9-7-19(8-10-21)18-3-5-20(6-4-18)22-11-12-25(31-22)26-15-16-28(33-26)27-14-13-24(32-27)23-2-1-17-30-23/h1-17H. The molecule has 4 heterocycles. The summed E-state index contributed by atoms with van der Waals surface area (Å²) in [5.74, 6) is 0. The summed E-state index contributed by atoms with van der Waals surface area (Å²) >= 11 is 9.78. The summed E-state index contributed by atoms with van der Waals surface area (Å²) in [6.45, 7) is 0. The monoisotopic (exact) mass is 608 g/mol. The molecule has 0 N–H and O–H groups in total. The average molecular weight is 609 g/mol. The van der Waals surface area contributed by atoms with Gasteiger partial charge in [-0.15, -0.1) is 45.3 Å². The minimum Gasteiger partial charge on any atom is -0.143 e. The Morgan fingerprint density at radius 3 is 1.33 bits per heavy atom. The Hall–Kier alpha value is -2.03. The maximum absolute atomic E-state index is 2.35. The molecule has 0 atom stereocenters. The van der Waals surface area contributed by atoms with E-state index in [1.54, 1.807) is 11.3 Å². The lowest BCUT2D eigenvalue weighted by atomic mass is 10.0. The molecule has 4 aromatic heterocycles. The second-order valence-electron chi connectivity index (χ2n) is 7.55. The van der Waals surface area contributed by atoms with Gasteiger partial charge in [0.05, 0.1) is 0 Å². The lowest BCUT2D eigenvalue weighted by Crippen LogP contribution is -1.79. The molecule has 0 radical (unpaired) electrons. The highest BCUT2D eigenvalue weighted by Crippen LogP contribution is 2.43. The van der Waals surface area contributed by atoms with Crippen molar-refractivity contribution in [2.75, 3.05) is 0 Å². The normalized spacial score (nSPS) is 11.2. The van der Waals surface area contributed by atoms with Crippen molar-refractivity contribution < 1.29 is 0 Å². The number of hydrogen-bond donors (Lipinski definition) is 0. The van der Waals surface area contributed by atoms with Gasteiger partial charge >= 0.3 is 0 Å². The van der Waals surface area contributed by atoms with Gasteiger partial charge in [-0.2, -0.15) is 0 Å². The van der Waals surface area contributed by atoms with Gasteiger partial charge in [-0.1, -0.05) is 42.5 Å². The zero-order chi connectivity index (χ0) is 22.2. The third kappa shape index (κ3) is 4.53. The summed E-state index contributed by atoms with van der Waals surface area (Å²) in [5, 5.41) is 2.14. The maximum atomic E-state index is 2.35. The van der Waals surface area contributed by atoms with Gasteiger partial charge in [0.15, 0.2) is 0 Å². The molecule has 0 fully saturated rings. The molecule has 0 saturated heterocycles. The molecule has 5 heteroatoms. The van der Waals surface area contributed by atoms with Crippen molar-refractivity contribution in [2.24, 2.45) is 0 Å². The van der Waals surface area contributed by atoms with Crippen LogP contribution in [0, 0.1) is 3.57 Å². The van der Waals surface area contributed by atoms with E-state index >= 15 is 0 Å². The van der Waals surface area contributed by atoms with E-state index in [0.29, 0.717) is 0 Å². The predicted octanol–water partition coefficient (Wildman–Crippen LogP) is 10.9. The molecular formula is C28H17IS4. The molecule has 0 spiro atoms. The number of hydrogen-bond acceptors (Lipinski definition) is 4. The first-order valence-electron chi connectivity index (χ1n) is 10.4. The van der Waals surface area contributed by atoms with Crippen LogP contribution in [0.5, 0.6) is 0 Å². The van der Waals surface area contributed by atoms with Crippen molar-refractivity contribution in [1.82, 2.24) is 0 Å². The number of halogens is 1. The fourth-order valence-corrected chi connectivity index (χ4v) is 8.12. The van der Waals surface area contributed by atoms with Gasteiger partial charge in [-0.25, -0.2) is 0 Å². The van der Waals surface area contributed by atoms with Crippen LogP contribution in [0.25, 0.3) is 50.8 Å². The van der Waals surface area contributed by atoms with E-state index in [1.807, 2.05) is 34.0 Å². The summed E-state index contributed by atoms with van der Waals surface area (Å²) in [4.78, 5) is 9.36. The van der Waals surface area contributed by atoms with E-state index in [9.17, 15) is 0 Å². The highest BCUT2D eigenvalue weighted by molar-refractivity contribution is 14.1. The van der Waals surface area contributed by atoms with Crippen molar-refractivity contribution in [3.05, 3.63) is 106 Å². The van der Waals surface area contributed by atoms with Crippen LogP contribution >= 0.6 is 67.9 Å². The molecule has 0 aliphatic heterocycles. The Kier molecular flexibility index (Phi) is 6.07. The Labute approximate surface area is 223 Å². The van der Waals surface area contributed by atoms with Crippen LogP contribution in [-0.2, 0) is 0 Å². The van der Waals surface area contributed by atoms with Crippen molar-refractivity contribution in [2.45, 2.75) is 0 Å². The van der Waals surface area contributed by atoms with E-state index in [4.69, 9.17) is 0 Å². The smallest absolute Gasteiger partial charge is 0.0449 e. The van der Waals surface area contributed by atoms with Gasteiger partial charge in [0.1, 0.15) is 0 Å². The quantitative estimate of drug-likeness (QED) is 0.171. The van der Waals surface area contributed by atoms with Gasteiger partial charge in [-0.3, -0.25) is 0 Å². The molecule has 6 aromatic rings. The molecule has 6 rings (SSSR count). The average Bonchev–Trinajstić information content (AvgIpc) is 3.65. The first-order chi connectivity index (χ1) is 16.2. The van der Waals surface area contributed by atoms with Crippen LogP contribution in [-0.4, -0.2) is 0 Å². The SMILES string of the molecule is Ic1ccc(-c2ccc(-c3ccc(-c4ccc(-c5ccc(-c6cccs6)s5)s4)s3)cc2)cc1. The molecule has 0 saturated carbocycles. The number of thiophene rings is 4. The van der Waals surface area contributed by atoms with Crippen LogP contribution < -0.4 is 0 Å². The fourth-order valence-electron chi connectivity index (χ4n) is 3.72. The summed E-state index contributed by atoms with van der Waals surface area (Å²) < 4.78 is 1.26. The van der Waals surface area contributed by atoms with Crippen molar-refractivity contribution in [1.29, 1.82) is 0 Å². The molecule has 160 valence electrons. The Morgan fingerprint density at radius 1 is 0.394 bits per heavy atom.